The van der Waals surface area contributed by atoms with Crippen molar-refractivity contribution < 1.29 is 14.4 Å². The number of anilines is 1. The highest BCUT2D eigenvalue weighted by atomic mass is 35.5. The van der Waals surface area contributed by atoms with Crippen molar-refractivity contribution in [2.75, 3.05) is 17.7 Å². The molecule has 0 aliphatic carbocycles. The Bertz CT molecular complexity index is 504. The Labute approximate surface area is 107 Å². The smallest absolute Gasteiger partial charge is 0.293 e. The molecule has 0 aromatic heterocycles. The average Bonchev–Trinajstić information content (AvgIpc) is 2.35. The monoisotopic (exact) mass is 273 g/mol. The van der Waals surface area contributed by atoms with Gasteiger partial charge >= 0.3 is 0 Å². The van der Waals surface area contributed by atoms with Crippen LogP contribution in [0.4, 0.5) is 15.8 Å². The Morgan fingerprint density at radius 2 is 2.33 bits per heavy atom. The number of nitro groups is 1. The molecule has 0 spiro atoms. The number of benzene rings is 1. The molecule has 96 valence electrons. The molecule has 0 fully saturated rings. The molecule has 0 aliphatic rings. The fraction of sp³-hybridized carbons (Fsp3) is 0.300. The van der Waals surface area contributed by atoms with Crippen molar-refractivity contribution in [3.63, 3.8) is 0 Å². The zero-order valence-electron chi connectivity index (χ0n) is 9.06. The largest absolute Gasteiger partial charge is 0.390 e. The number of hydrogen-bond acceptors (Lipinski definition) is 5. The summed E-state index contributed by atoms with van der Waals surface area (Å²) in [6.07, 6.45) is -0.912. The molecular weight excluding hydrogens is 265 g/mol. The van der Waals surface area contributed by atoms with E-state index < -0.39 is 28.1 Å². The van der Waals surface area contributed by atoms with Gasteiger partial charge in [0.15, 0.2) is 0 Å². The third-order valence-electron chi connectivity index (χ3n) is 2.11. The number of rotatable bonds is 5. The van der Waals surface area contributed by atoms with Crippen LogP contribution in [0.1, 0.15) is 5.56 Å². The number of nitrogens with zero attached hydrogens (tertiary/aromatic N) is 2. The van der Waals surface area contributed by atoms with E-state index in [1.54, 1.807) is 0 Å². The van der Waals surface area contributed by atoms with Gasteiger partial charge in [-0.1, -0.05) is 0 Å². The molecule has 18 heavy (non-hydrogen) atoms. The fourth-order valence-corrected chi connectivity index (χ4v) is 1.33. The summed E-state index contributed by atoms with van der Waals surface area (Å²) in [6.45, 7) is -0.0598. The first-order valence-electron chi connectivity index (χ1n) is 4.85. The topological polar surface area (TPSA) is 99.2 Å². The van der Waals surface area contributed by atoms with Gasteiger partial charge in [0.2, 0.25) is 0 Å². The summed E-state index contributed by atoms with van der Waals surface area (Å²) in [5.41, 5.74) is -0.958. The van der Waals surface area contributed by atoms with E-state index in [-0.39, 0.29) is 18.1 Å². The molecular formula is C10H9ClFN3O3. The first kappa shape index (κ1) is 14.2. The number of alkyl halides is 1. The maximum absolute atomic E-state index is 13.3. The molecule has 8 heteroatoms. The van der Waals surface area contributed by atoms with Gasteiger partial charge in [0, 0.05) is 18.7 Å². The van der Waals surface area contributed by atoms with Crippen molar-refractivity contribution in [2.24, 2.45) is 0 Å². The lowest BCUT2D eigenvalue weighted by molar-refractivity contribution is -0.384. The summed E-state index contributed by atoms with van der Waals surface area (Å²) in [4.78, 5) is 10.0. The van der Waals surface area contributed by atoms with Crippen LogP contribution < -0.4 is 5.32 Å². The van der Waals surface area contributed by atoms with E-state index >= 15 is 0 Å². The van der Waals surface area contributed by atoms with Crippen LogP contribution in [0.5, 0.6) is 0 Å². The summed E-state index contributed by atoms with van der Waals surface area (Å²) >= 11 is 5.36. The minimum absolute atomic E-state index is 0.0560. The third-order valence-corrected chi connectivity index (χ3v) is 2.47. The van der Waals surface area contributed by atoms with Crippen LogP contribution in [-0.2, 0) is 0 Å². The molecule has 2 N–H and O–H groups in total. The first-order valence-corrected chi connectivity index (χ1v) is 5.39. The number of nitriles is 1. The summed E-state index contributed by atoms with van der Waals surface area (Å²) in [5, 5.41) is 31.1. The van der Waals surface area contributed by atoms with Gasteiger partial charge < -0.3 is 10.4 Å². The number of aliphatic hydroxyl groups excluding tert-OH is 1. The minimum atomic E-state index is -0.912. The van der Waals surface area contributed by atoms with Crippen LogP contribution in [0.25, 0.3) is 0 Å². The van der Waals surface area contributed by atoms with Crippen LogP contribution >= 0.6 is 11.6 Å². The fourth-order valence-electron chi connectivity index (χ4n) is 1.22. The van der Waals surface area contributed by atoms with E-state index in [9.17, 15) is 19.6 Å². The van der Waals surface area contributed by atoms with Gasteiger partial charge in [-0.05, 0) is 0 Å². The van der Waals surface area contributed by atoms with Crippen LogP contribution in [0, 0.1) is 27.3 Å². The number of halogens is 2. The highest BCUT2D eigenvalue weighted by Crippen LogP contribution is 2.27. The summed E-state index contributed by atoms with van der Waals surface area (Å²) in [6, 6.07) is 3.20. The molecule has 1 aromatic rings. The predicted octanol–water partition coefficient (Wildman–Crippen LogP) is 1.62. The minimum Gasteiger partial charge on any atom is -0.390 e. The molecule has 0 saturated carbocycles. The van der Waals surface area contributed by atoms with E-state index in [1.165, 1.54) is 6.07 Å². The normalized spacial score (nSPS) is 11.7. The molecule has 0 radical (unpaired) electrons. The van der Waals surface area contributed by atoms with Crippen molar-refractivity contribution in [3.05, 3.63) is 33.6 Å². The van der Waals surface area contributed by atoms with Gasteiger partial charge in [-0.3, -0.25) is 10.1 Å². The van der Waals surface area contributed by atoms with Crippen molar-refractivity contribution in [3.8, 4) is 6.07 Å². The van der Waals surface area contributed by atoms with E-state index in [4.69, 9.17) is 16.9 Å². The lowest BCUT2D eigenvalue weighted by Crippen LogP contribution is -2.21. The van der Waals surface area contributed by atoms with Gasteiger partial charge in [-0.25, -0.2) is 4.39 Å². The second-order valence-electron chi connectivity index (χ2n) is 3.41. The Hall–Kier alpha value is -1.91. The molecule has 1 unspecified atom stereocenters. The summed E-state index contributed by atoms with van der Waals surface area (Å²) in [7, 11) is 0. The molecule has 1 rings (SSSR count). The lowest BCUT2D eigenvalue weighted by atomic mass is 10.1. The quantitative estimate of drug-likeness (QED) is 0.482. The second-order valence-corrected chi connectivity index (χ2v) is 3.72. The molecule has 1 aromatic carbocycles. The van der Waals surface area contributed by atoms with Gasteiger partial charge in [-0.2, -0.15) is 5.26 Å². The van der Waals surface area contributed by atoms with Gasteiger partial charge in [0.05, 0.1) is 22.5 Å². The number of nitrogens with one attached hydrogen (secondary N) is 1. The van der Waals surface area contributed by atoms with Crippen molar-refractivity contribution in [1.29, 1.82) is 5.26 Å². The van der Waals surface area contributed by atoms with E-state index in [0.717, 1.165) is 12.1 Å². The van der Waals surface area contributed by atoms with Crippen LogP contribution in [-0.4, -0.2) is 28.6 Å². The standard InChI is InChI=1S/C10H9ClFN3O3/c11-3-7(16)5-14-9-2-8(12)6(4-13)1-10(9)15(17)18/h1-2,7,14,16H,3,5H2. The first-order chi connectivity index (χ1) is 8.49. The Morgan fingerprint density at radius 3 is 2.83 bits per heavy atom. The van der Waals surface area contributed by atoms with Crippen molar-refractivity contribution in [2.45, 2.75) is 6.10 Å². The SMILES string of the molecule is N#Cc1cc([N+](=O)[O-])c(NCC(O)CCl)cc1F. The third kappa shape index (κ3) is 3.29. The molecule has 0 saturated heterocycles. The van der Waals surface area contributed by atoms with Crippen LogP contribution in [0.15, 0.2) is 12.1 Å². The van der Waals surface area contributed by atoms with E-state index in [0.29, 0.717) is 0 Å². The van der Waals surface area contributed by atoms with Crippen molar-refractivity contribution in [1.82, 2.24) is 0 Å². The number of hydrogen-bond donors (Lipinski definition) is 2. The molecule has 0 bridgehead atoms. The average molecular weight is 274 g/mol. The maximum atomic E-state index is 13.3. The summed E-state index contributed by atoms with van der Waals surface area (Å²) < 4.78 is 13.3. The molecule has 0 amide bonds. The zero-order valence-corrected chi connectivity index (χ0v) is 9.82. The maximum Gasteiger partial charge on any atom is 0.293 e. The van der Waals surface area contributed by atoms with Gasteiger partial charge in [0.1, 0.15) is 17.6 Å². The van der Waals surface area contributed by atoms with Gasteiger partial charge in [0.25, 0.3) is 5.69 Å². The highest BCUT2D eigenvalue weighted by molar-refractivity contribution is 6.18. The number of aliphatic hydroxyl groups is 1. The van der Waals surface area contributed by atoms with Gasteiger partial charge in [-0.15, -0.1) is 11.6 Å². The number of nitro benzene ring substituents is 1. The highest BCUT2D eigenvalue weighted by Gasteiger charge is 2.18. The molecule has 0 aliphatic heterocycles. The summed E-state index contributed by atoms with van der Waals surface area (Å²) in [5.74, 6) is -0.925. The van der Waals surface area contributed by atoms with Crippen LogP contribution in [0.2, 0.25) is 0 Å². The lowest BCUT2D eigenvalue weighted by Gasteiger charge is -2.10. The Balaban J connectivity index is 3.06. The Morgan fingerprint density at radius 1 is 1.67 bits per heavy atom. The van der Waals surface area contributed by atoms with Crippen molar-refractivity contribution >= 4 is 23.0 Å². The molecule has 6 nitrogen and oxygen atoms in total. The predicted molar refractivity (Wildman–Crippen MR) is 63.0 cm³/mol. The molecule has 0 heterocycles. The Kier molecular flexibility index (Phi) is 4.83. The van der Waals surface area contributed by atoms with E-state index in [1.807, 2.05) is 0 Å². The van der Waals surface area contributed by atoms with Crippen LogP contribution in [0.3, 0.4) is 0 Å². The van der Waals surface area contributed by atoms with E-state index in [2.05, 4.69) is 5.32 Å². The zero-order chi connectivity index (χ0) is 13.7. The molecule has 1 atom stereocenters. The second kappa shape index (κ2) is 6.14.